The minimum Gasteiger partial charge on any atom is -0.486 e. The van der Waals surface area contributed by atoms with Gasteiger partial charge in [-0.2, -0.15) is 0 Å². The summed E-state index contributed by atoms with van der Waals surface area (Å²) in [6.07, 6.45) is 1.54. The Kier molecular flexibility index (Phi) is 5.80. The Hall–Kier alpha value is -3.20. The highest BCUT2D eigenvalue weighted by Gasteiger charge is 2.16. The van der Waals surface area contributed by atoms with E-state index in [9.17, 15) is 14.4 Å². The number of nitrogens with zero attached hydrogens (tertiary/aromatic N) is 2. The normalized spacial score (nSPS) is 12.6. The van der Waals surface area contributed by atoms with Gasteiger partial charge in [0.05, 0.1) is 12.1 Å². The number of hydrogen-bond donors (Lipinski definition) is 0. The van der Waals surface area contributed by atoms with Crippen LogP contribution in [0.5, 0.6) is 11.5 Å². The molecule has 154 valence electrons. The van der Waals surface area contributed by atoms with Gasteiger partial charge in [0.2, 0.25) is 0 Å². The summed E-state index contributed by atoms with van der Waals surface area (Å²) in [5, 5.41) is 0. The van der Waals surface area contributed by atoms with Crippen molar-refractivity contribution in [3.63, 3.8) is 0 Å². The predicted octanol–water partition coefficient (Wildman–Crippen LogP) is 2.93. The first-order valence-electron chi connectivity index (χ1n) is 9.26. The van der Waals surface area contributed by atoms with Crippen LogP contribution in [0.15, 0.2) is 51.9 Å². The molecule has 3 aromatic rings. The first-order chi connectivity index (χ1) is 14.5. The number of fused-ring (bicyclic) bond motifs is 2. The number of hydrogen-bond acceptors (Lipinski definition) is 7. The number of aromatic nitrogens is 2. The molecule has 0 saturated heterocycles. The molecule has 0 amide bonds. The first-order valence-corrected chi connectivity index (χ1v) is 10.1. The second kappa shape index (κ2) is 8.66. The number of ether oxygens (including phenoxy) is 3. The summed E-state index contributed by atoms with van der Waals surface area (Å²) in [5.74, 6) is 0.383. The lowest BCUT2D eigenvalue weighted by Crippen LogP contribution is -2.17. The number of rotatable bonds is 6. The van der Waals surface area contributed by atoms with Crippen molar-refractivity contribution < 1.29 is 23.8 Å². The van der Waals surface area contributed by atoms with E-state index >= 15 is 0 Å². The second-order valence-electron chi connectivity index (χ2n) is 6.60. The SMILES string of the molecule is O=C(CCC(=O)c1ccc2c(c1)OCCO2)OCc1cc(=O)n2cc(Br)ccc2n1. The zero-order valence-electron chi connectivity index (χ0n) is 15.8. The van der Waals surface area contributed by atoms with Crippen molar-refractivity contribution in [1.82, 2.24) is 9.38 Å². The van der Waals surface area contributed by atoms with E-state index in [0.717, 1.165) is 4.47 Å². The molecule has 2 aromatic heterocycles. The molecule has 0 radical (unpaired) electrons. The predicted molar refractivity (Wildman–Crippen MR) is 110 cm³/mol. The van der Waals surface area contributed by atoms with Crippen LogP contribution in [0.2, 0.25) is 0 Å². The van der Waals surface area contributed by atoms with Gasteiger partial charge in [0.1, 0.15) is 25.5 Å². The number of ketones is 1. The molecule has 1 aromatic carbocycles. The molecule has 0 unspecified atom stereocenters. The van der Waals surface area contributed by atoms with E-state index in [1.807, 2.05) is 0 Å². The van der Waals surface area contributed by atoms with Gasteiger partial charge in [0, 0.05) is 28.7 Å². The highest BCUT2D eigenvalue weighted by Crippen LogP contribution is 2.31. The van der Waals surface area contributed by atoms with Crippen LogP contribution in [0.1, 0.15) is 28.9 Å². The fraction of sp³-hybridized carbons (Fsp3) is 0.238. The summed E-state index contributed by atoms with van der Waals surface area (Å²) in [5.41, 5.74) is 0.961. The lowest BCUT2D eigenvalue weighted by molar-refractivity contribution is -0.145. The average molecular weight is 473 g/mol. The summed E-state index contributed by atoms with van der Waals surface area (Å²) >= 11 is 3.30. The topological polar surface area (TPSA) is 96.2 Å². The van der Waals surface area contributed by atoms with Crippen LogP contribution in [-0.4, -0.2) is 34.4 Å². The van der Waals surface area contributed by atoms with Gasteiger partial charge >= 0.3 is 5.97 Å². The molecule has 0 spiro atoms. The number of pyridine rings is 1. The Balaban J connectivity index is 1.33. The molecule has 0 atom stereocenters. The van der Waals surface area contributed by atoms with Crippen molar-refractivity contribution in [3.05, 3.63) is 68.7 Å². The smallest absolute Gasteiger partial charge is 0.306 e. The number of benzene rings is 1. The average Bonchev–Trinajstić information content (AvgIpc) is 2.76. The fourth-order valence-corrected chi connectivity index (χ4v) is 3.34. The number of carbonyl (C=O) groups excluding carboxylic acids is 2. The summed E-state index contributed by atoms with van der Waals surface area (Å²) in [6, 6.07) is 9.71. The Morgan fingerprint density at radius 2 is 1.87 bits per heavy atom. The standard InChI is InChI=1S/C21H17BrN2O6/c22-14-2-5-19-23-15(10-20(26)24(19)11-14)12-30-21(27)6-3-16(25)13-1-4-17-18(9-13)29-8-7-28-17/h1-2,4-5,9-11H,3,6-8,12H2. The van der Waals surface area contributed by atoms with E-state index in [0.29, 0.717) is 41.6 Å². The van der Waals surface area contributed by atoms with E-state index < -0.39 is 5.97 Å². The van der Waals surface area contributed by atoms with Crippen molar-refractivity contribution in [1.29, 1.82) is 0 Å². The molecule has 0 aliphatic carbocycles. The first kappa shape index (κ1) is 20.1. The van der Waals surface area contributed by atoms with Crippen molar-refractivity contribution in [2.75, 3.05) is 13.2 Å². The second-order valence-corrected chi connectivity index (χ2v) is 7.52. The van der Waals surface area contributed by atoms with Gasteiger partial charge in [-0.25, -0.2) is 4.98 Å². The molecule has 3 heterocycles. The lowest BCUT2D eigenvalue weighted by atomic mass is 10.1. The van der Waals surface area contributed by atoms with Gasteiger partial charge in [0.25, 0.3) is 5.56 Å². The van der Waals surface area contributed by atoms with Gasteiger partial charge in [-0.3, -0.25) is 18.8 Å². The fourth-order valence-electron chi connectivity index (χ4n) is 3.00. The quantitative estimate of drug-likeness (QED) is 0.401. The van der Waals surface area contributed by atoms with Gasteiger partial charge in [-0.1, -0.05) is 0 Å². The summed E-state index contributed by atoms with van der Waals surface area (Å²) in [4.78, 5) is 40.9. The maximum Gasteiger partial charge on any atom is 0.306 e. The van der Waals surface area contributed by atoms with Crippen LogP contribution >= 0.6 is 15.9 Å². The third-order valence-electron chi connectivity index (χ3n) is 4.48. The lowest BCUT2D eigenvalue weighted by Gasteiger charge is -2.18. The summed E-state index contributed by atoms with van der Waals surface area (Å²) < 4.78 is 18.2. The minimum absolute atomic E-state index is 0.000308. The van der Waals surface area contributed by atoms with Gasteiger partial charge in [0.15, 0.2) is 17.3 Å². The number of carbonyl (C=O) groups is 2. The molecule has 0 saturated carbocycles. The minimum atomic E-state index is -0.543. The third-order valence-corrected chi connectivity index (χ3v) is 4.95. The van der Waals surface area contributed by atoms with Crippen molar-refractivity contribution >= 4 is 33.3 Å². The van der Waals surface area contributed by atoms with E-state index in [1.54, 1.807) is 36.5 Å². The van der Waals surface area contributed by atoms with Crippen LogP contribution in [0, 0.1) is 0 Å². The Morgan fingerprint density at radius 3 is 2.70 bits per heavy atom. The van der Waals surface area contributed by atoms with Crippen LogP contribution in [-0.2, 0) is 16.1 Å². The molecule has 0 bridgehead atoms. The summed E-state index contributed by atoms with van der Waals surface area (Å²) in [7, 11) is 0. The third kappa shape index (κ3) is 4.51. The van der Waals surface area contributed by atoms with E-state index in [4.69, 9.17) is 14.2 Å². The van der Waals surface area contributed by atoms with E-state index in [1.165, 1.54) is 10.5 Å². The van der Waals surface area contributed by atoms with Crippen LogP contribution < -0.4 is 15.0 Å². The van der Waals surface area contributed by atoms with E-state index in [-0.39, 0.29) is 30.8 Å². The van der Waals surface area contributed by atoms with Crippen molar-refractivity contribution in [2.24, 2.45) is 0 Å². The molecule has 9 heteroatoms. The number of esters is 1. The van der Waals surface area contributed by atoms with Gasteiger partial charge < -0.3 is 14.2 Å². The molecule has 4 rings (SSSR count). The molecular weight excluding hydrogens is 456 g/mol. The molecule has 1 aliphatic heterocycles. The maximum atomic E-state index is 12.4. The number of halogens is 1. The van der Waals surface area contributed by atoms with E-state index in [2.05, 4.69) is 20.9 Å². The maximum absolute atomic E-state index is 12.4. The molecule has 0 fully saturated rings. The molecular formula is C21H17BrN2O6. The van der Waals surface area contributed by atoms with Crippen LogP contribution in [0.3, 0.4) is 0 Å². The highest BCUT2D eigenvalue weighted by atomic mass is 79.9. The van der Waals surface area contributed by atoms with Crippen molar-refractivity contribution in [3.8, 4) is 11.5 Å². The molecule has 1 aliphatic rings. The zero-order valence-corrected chi connectivity index (χ0v) is 17.4. The van der Waals surface area contributed by atoms with Crippen molar-refractivity contribution in [2.45, 2.75) is 19.4 Å². The largest absolute Gasteiger partial charge is 0.486 e. The molecule has 8 nitrogen and oxygen atoms in total. The Labute approximate surface area is 179 Å². The van der Waals surface area contributed by atoms with Crippen LogP contribution in [0.4, 0.5) is 0 Å². The van der Waals surface area contributed by atoms with Crippen LogP contribution in [0.25, 0.3) is 5.65 Å². The Bertz CT molecular complexity index is 1190. The van der Waals surface area contributed by atoms with Gasteiger partial charge in [-0.15, -0.1) is 0 Å². The summed E-state index contributed by atoms with van der Waals surface area (Å²) in [6.45, 7) is 0.766. The Morgan fingerprint density at radius 1 is 1.07 bits per heavy atom. The zero-order chi connectivity index (χ0) is 21.1. The monoisotopic (exact) mass is 472 g/mol. The molecule has 30 heavy (non-hydrogen) atoms. The number of Topliss-reactive ketones (excluding diaryl/α,β-unsaturated/α-hetero) is 1. The molecule has 0 N–H and O–H groups in total. The highest BCUT2D eigenvalue weighted by molar-refractivity contribution is 9.10. The van der Waals surface area contributed by atoms with Gasteiger partial charge in [-0.05, 0) is 46.3 Å².